The number of rotatable bonds is 3. The molecule has 118 valence electrons. The third-order valence-electron chi connectivity index (χ3n) is 4.91. The first-order valence-electron chi connectivity index (χ1n) is 8.34. The molecule has 1 heterocycles. The number of nitrogens with one attached hydrogen (secondary N) is 1. The van der Waals surface area contributed by atoms with Crippen LogP contribution in [0.4, 0.5) is 0 Å². The Morgan fingerprint density at radius 3 is 2.04 bits per heavy atom. The van der Waals surface area contributed by atoms with Crippen LogP contribution in [0.3, 0.4) is 0 Å². The standard InChI is InChI=1S/C20H22N2O/c23-14-19(22-11-9-21-10-12-22)20-17-7-3-1-5-15(17)13-16-6-2-4-8-18(16)20/h1-8,13,19,21,23H,9-12,14H2/t19-/m1/s1. The maximum atomic E-state index is 10.2. The van der Waals surface area contributed by atoms with E-state index in [1.54, 1.807) is 0 Å². The molecule has 1 saturated heterocycles. The Labute approximate surface area is 136 Å². The summed E-state index contributed by atoms with van der Waals surface area (Å²) in [5.74, 6) is 0. The minimum Gasteiger partial charge on any atom is -0.394 e. The summed E-state index contributed by atoms with van der Waals surface area (Å²) in [5.41, 5.74) is 1.27. The molecule has 1 fully saturated rings. The van der Waals surface area contributed by atoms with Gasteiger partial charge in [-0.25, -0.2) is 0 Å². The minimum atomic E-state index is 0.0492. The van der Waals surface area contributed by atoms with Gasteiger partial charge in [0, 0.05) is 26.2 Å². The number of hydrogen-bond donors (Lipinski definition) is 2. The molecule has 1 aliphatic heterocycles. The zero-order valence-electron chi connectivity index (χ0n) is 13.2. The van der Waals surface area contributed by atoms with Crippen molar-refractivity contribution < 1.29 is 5.11 Å². The number of benzene rings is 3. The van der Waals surface area contributed by atoms with Crippen LogP contribution in [-0.4, -0.2) is 42.8 Å². The molecule has 0 aliphatic carbocycles. The van der Waals surface area contributed by atoms with Crippen molar-refractivity contribution in [1.82, 2.24) is 10.2 Å². The summed E-state index contributed by atoms with van der Waals surface area (Å²) in [4.78, 5) is 2.41. The van der Waals surface area contributed by atoms with E-state index in [1.807, 2.05) is 0 Å². The maximum Gasteiger partial charge on any atom is 0.0629 e. The maximum absolute atomic E-state index is 10.2. The zero-order valence-corrected chi connectivity index (χ0v) is 13.2. The van der Waals surface area contributed by atoms with Gasteiger partial charge < -0.3 is 10.4 Å². The topological polar surface area (TPSA) is 35.5 Å². The van der Waals surface area contributed by atoms with Gasteiger partial charge >= 0.3 is 0 Å². The predicted octanol–water partition coefficient (Wildman–Crippen LogP) is 2.93. The van der Waals surface area contributed by atoms with E-state index in [0.29, 0.717) is 0 Å². The molecule has 4 rings (SSSR count). The Bertz CT molecular complexity index is 770. The highest BCUT2D eigenvalue weighted by Crippen LogP contribution is 2.35. The van der Waals surface area contributed by atoms with Crippen molar-refractivity contribution in [2.24, 2.45) is 0 Å². The van der Waals surface area contributed by atoms with Crippen molar-refractivity contribution in [3.63, 3.8) is 0 Å². The summed E-state index contributed by atoms with van der Waals surface area (Å²) in [6.07, 6.45) is 0. The van der Waals surface area contributed by atoms with Crippen molar-refractivity contribution in [2.75, 3.05) is 32.8 Å². The van der Waals surface area contributed by atoms with E-state index in [4.69, 9.17) is 0 Å². The molecule has 0 aromatic heterocycles. The van der Waals surface area contributed by atoms with Crippen molar-refractivity contribution in [3.05, 3.63) is 60.2 Å². The lowest BCUT2D eigenvalue weighted by atomic mass is 9.91. The summed E-state index contributed by atoms with van der Waals surface area (Å²) < 4.78 is 0. The minimum absolute atomic E-state index is 0.0492. The average molecular weight is 306 g/mol. The second-order valence-corrected chi connectivity index (χ2v) is 6.22. The molecule has 0 amide bonds. The summed E-state index contributed by atoms with van der Waals surface area (Å²) in [6.45, 7) is 4.07. The first kappa shape index (κ1) is 14.6. The lowest BCUT2D eigenvalue weighted by Crippen LogP contribution is -2.46. The van der Waals surface area contributed by atoms with Crippen molar-refractivity contribution in [3.8, 4) is 0 Å². The van der Waals surface area contributed by atoms with Crippen LogP contribution in [0.25, 0.3) is 21.5 Å². The van der Waals surface area contributed by atoms with Crippen LogP contribution in [0.5, 0.6) is 0 Å². The van der Waals surface area contributed by atoms with Crippen molar-refractivity contribution >= 4 is 21.5 Å². The second-order valence-electron chi connectivity index (χ2n) is 6.22. The van der Waals surface area contributed by atoms with E-state index in [-0.39, 0.29) is 12.6 Å². The largest absolute Gasteiger partial charge is 0.394 e. The molecule has 3 aromatic rings. The van der Waals surface area contributed by atoms with Crippen molar-refractivity contribution in [1.29, 1.82) is 0 Å². The van der Waals surface area contributed by atoms with Gasteiger partial charge in [0.2, 0.25) is 0 Å². The van der Waals surface area contributed by atoms with E-state index in [9.17, 15) is 5.11 Å². The molecule has 0 bridgehead atoms. The fourth-order valence-corrected chi connectivity index (χ4v) is 3.79. The normalized spacial score (nSPS) is 17.6. The molecule has 0 spiro atoms. The number of fused-ring (bicyclic) bond motifs is 2. The molecule has 2 N–H and O–H groups in total. The third kappa shape index (κ3) is 2.61. The average Bonchev–Trinajstić information content (AvgIpc) is 2.62. The summed E-state index contributed by atoms with van der Waals surface area (Å²) >= 11 is 0. The fraction of sp³-hybridized carbons (Fsp3) is 0.300. The second kappa shape index (κ2) is 6.28. The highest BCUT2D eigenvalue weighted by molar-refractivity contribution is 6.02. The van der Waals surface area contributed by atoms with Gasteiger partial charge in [-0.3, -0.25) is 4.90 Å². The first-order chi connectivity index (χ1) is 11.4. The van der Waals surface area contributed by atoms with Gasteiger partial charge in [0.15, 0.2) is 0 Å². The number of piperazine rings is 1. The van der Waals surface area contributed by atoms with Crippen molar-refractivity contribution in [2.45, 2.75) is 6.04 Å². The number of nitrogens with zero attached hydrogens (tertiary/aromatic N) is 1. The number of aliphatic hydroxyl groups is 1. The van der Waals surface area contributed by atoms with E-state index >= 15 is 0 Å². The van der Waals surface area contributed by atoms with Gasteiger partial charge in [-0.1, -0.05) is 48.5 Å². The fourth-order valence-electron chi connectivity index (χ4n) is 3.79. The molecule has 1 aliphatic rings. The molecule has 0 radical (unpaired) electrons. The summed E-state index contributed by atoms with van der Waals surface area (Å²) in [6, 6.07) is 19.3. The van der Waals surface area contributed by atoms with E-state index in [0.717, 1.165) is 26.2 Å². The van der Waals surface area contributed by atoms with Crippen LogP contribution in [-0.2, 0) is 0 Å². The molecule has 0 saturated carbocycles. The quantitative estimate of drug-likeness (QED) is 0.730. The molecular formula is C20H22N2O. The van der Waals surface area contributed by atoms with Crippen LogP contribution in [0, 0.1) is 0 Å². The smallest absolute Gasteiger partial charge is 0.0629 e. The predicted molar refractivity (Wildman–Crippen MR) is 95.7 cm³/mol. The van der Waals surface area contributed by atoms with Crippen LogP contribution in [0.1, 0.15) is 11.6 Å². The number of hydrogen-bond acceptors (Lipinski definition) is 3. The molecule has 3 heteroatoms. The van der Waals surface area contributed by atoms with Gasteiger partial charge in [0.1, 0.15) is 0 Å². The van der Waals surface area contributed by atoms with Gasteiger partial charge in [-0.05, 0) is 33.2 Å². The summed E-state index contributed by atoms with van der Waals surface area (Å²) in [7, 11) is 0. The molecule has 23 heavy (non-hydrogen) atoms. The van der Waals surface area contributed by atoms with Crippen LogP contribution >= 0.6 is 0 Å². The number of aliphatic hydroxyl groups excluding tert-OH is 1. The molecule has 1 atom stereocenters. The SMILES string of the molecule is OC[C@H](c1c2ccccc2cc2ccccc12)N1CCNCC1. The first-order valence-corrected chi connectivity index (χ1v) is 8.34. The van der Waals surface area contributed by atoms with Crippen LogP contribution in [0.2, 0.25) is 0 Å². The monoisotopic (exact) mass is 306 g/mol. The van der Waals surface area contributed by atoms with Crippen LogP contribution in [0.15, 0.2) is 54.6 Å². The third-order valence-corrected chi connectivity index (χ3v) is 4.91. The zero-order chi connectivity index (χ0) is 15.6. The molecule has 3 nitrogen and oxygen atoms in total. The highest BCUT2D eigenvalue weighted by Gasteiger charge is 2.24. The Balaban J connectivity index is 1.97. The Morgan fingerprint density at radius 1 is 0.913 bits per heavy atom. The Morgan fingerprint density at radius 2 is 1.48 bits per heavy atom. The molecular weight excluding hydrogens is 284 g/mol. The summed E-state index contributed by atoms with van der Waals surface area (Å²) in [5, 5.41) is 18.6. The van der Waals surface area contributed by atoms with E-state index in [2.05, 4.69) is 64.8 Å². The van der Waals surface area contributed by atoms with Crippen LogP contribution < -0.4 is 5.32 Å². The Hall–Kier alpha value is -1.94. The van der Waals surface area contributed by atoms with Gasteiger partial charge in [0.05, 0.1) is 12.6 Å². The van der Waals surface area contributed by atoms with E-state index < -0.39 is 0 Å². The van der Waals surface area contributed by atoms with Gasteiger partial charge in [-0.15, -0.1) is 0 Å². The molecule has 0 unspecified atom stereocenters. The Kier molecular flexibility index (Phi) is 4.00. The van der Waals surface area contributed by atoms with Gasteiger partial charge in [-0.2, -0.15) is 0 Å². The lowest BCUT2D eigenvalue weighted by molar-refractivity contribution is 0.112. The molecule has 3 aromatic carbocycles. The highest BCUT2D eigenvalue weighted by atomic mass is 16.3. The lowest BCUT2D eigenvalue weighted by Gasteiger charge is -2.35. The van der Waals surface area contributed by atoms with Gasteiger partial charge in [0.25, 0.3) is 0 Å². The van der Waals surface area contributed by atoms with E-state index in [1.165, 1.54) is 27.1 Å².